The van der Waals surface area contributed by atoms with Crippen molar-refractivity contribution in [3.05, 3.63) is 87.3 Å². The summed E-state index contributed by atoms with van der Waals surface area (Å²) in [6.07, 6.45) is 3.62. The van der Waals surface area contributed by atoms with Crippen molar-refractivity contribution < 1.29 is 9.90 Å². The number of carbonyl (C=O) groups is 1. The highest BCUT2D eigenvalue weighted by atomic mass is 16.4. The molecule has 1 aromatic carbocycles. The van der Waals surface area contributed by atoms with Crippen LogP contribution < -0.4 is 5.56 Å². The fraction of sp³-hybridized carbons (Fsp3) is 0.261. The van der Waals surface area contributed by atoms with Crippen molar-refractivity contribution in [1.29, 1.82) is 5.26 Å². The molecule has 0 amide bonds. The van der Waals surface area contributed by atoms with Crippen LogP contribution in [0.15, 0.2) is 59.5 Å². The molecule has 1 saturated heterocycles. The number of pyridine rings is 2. The Morgan fingerprint density at radius 1 is 1.14 bits per heavy atom. The molecule has 0 radical (unpaired) electrons. The second kappa shape index (κ2) is 7.90. The van der Waals surface area contributed by atoms with Gasteiger partial charge in [0.25, 0.3) is 5.56 Å². The summed E-state index contributed by atoms with van der Waals surface area (Å²) in [5.74, 6) is -0.738. The lowest BCUT2D eigenvalue weighted by Gasteiger charge is -2.32. The number of aromatic nitrogens is 1. The normalized spacial score (nSPS) is 15.3. The van der Waals surface area contributed by atoms with E-state index >= 15 is 0 Å². The maximum Gasteiger partial charge on any atom is 0.341 e. The zero-order chi connectivity index (χ0) is 20.4. The Hall–Kier alpha value is -3.43. The van der Waals surface area contributed by atoms with Gasteiger partial charge in [-0.3, -0.25) is 14.1 Å². The summed E-state index contributed by atoms with van der Waals surface area (Å²) in [5, 5.41) is 18.4. The molecule has 2 aromatic heterocycles. The molecule has 0 saturated carbocycles. The molecule has 0 bridgehead atoms. The second-order valence-electron chi connectivity index (χ2n) is 7.43. The van der Waals surface area contributed by atoms with E-state index in [0.29, 0.717) is 18.0 Å². The van der Waals surface area contributed by atoms with Crippen LogP contribution >= 0.6 is 0 Å². The minimum Gasteiger partial charge on any atom is -0.477 e. The van der Waals surface area contributed by atoms with Gasteiger partial charge in [-0.15, -0.1) is 0 Å². The Bertz CT molecular complexity index is 1150. The topological polar surface area (TPSA) is 85.8 Å². The van der Waals surface area contributed by atoms with Gasteiger partial charge in [0.05, 0.1) is 17.1 Å². The molecule has 1 aliphatic heterocycles. The van der Waals surface area contributed by atoms with Crippen molar-refractivity contribution >= 4 is 11.5 Å². The summed E-state index contributed by atoms with van der Waals surface area (Å²) in [6.45, 7) is 2.39. The number of hydrogen-bond acceptors (Lipinski definition) is 4. The van der Waals surface area contributed by atoms with Gasteiger partial charge in [0.15, 0.2) is 0 Å². The third-order valence-corrected chi connectivity index (χ3v) is 5.68. The number of fused-ring (bicyclic) bond motifs is 1. The minimum atomic E-state index is -1.20. The average Bonchev–Trinajstić information content (AvgIpc) is 2.76. The van der Waals surface area contributed by atoms with Gasteiger partial charge >= 0.3 is 5.97 Å². The summed E-state index contributed by atoms with van der Waals surface area (Å²) in [6, 6.07) is 16.9. The zero-order valence-corrected chi connectivity index (χ0v) is 15.9. The summed E-state index contributed by atoms with van der Waals surface area (Å²) >= 11 is 0. The number of carboxylic acids is 1. The van der Waals surface area contributed by atoms with Crippen LogP contribution in [0.25, 0.3) is 5.52 Å². The minimum absolute atomic E-state index is 0.198. The number of hydrogen-bond donors (Lipinski definition) is 1. The van der Waals surface area contributed by atoms with Crippen LogP contribution in [0.3, 0.4) is 0 Å². The molecule has 3 heterocycles. The van der Waals surface area contributed by atoms with Gasteiger partial charge in [0.1, 0.15) is 5.56 Å². The Balaban J connectivity index is 1.53. The lowest BCUT2D eigenvalue weighted by Crippen LogP contribution is -2.33. The van der Waals surface area contributed by atoms with Crippen LogP contribution in [0.5, 0.6) is 0 Å². The molecule has 0 aliphatic carbocycles. The molecule has 0 unspecified atom stereocenters. The van der Waals surface area contributed by atoms with E-state index < -0.39 is 11.5 Å². The fourth-order valence-electron chi connectivity index (χ4n) is 4.10. The fourth-order valence-corrected chi connectivity index (χ4v) is 4.10. The molecule has 146 valence electrons. The van der Waals surface area contributed by atoms with Crippen LogP contribution in [0.2, 0.25) is 0 Å². The molecule has 3 aromatic rings. The van der Waals surface area contributed by atoms with E-state index in [1.807, 2.05) is 36.4 Å². The lowest BCUT2D eigenvalue weighted by atomic mass is 9.89. The lowest BCUT2D eigenvalue weighted by molar-refractivity contribution is 0.0694. The van der Waals surface area contributed by atoms with E-state index in [9.17, 15) is 14.7 Å². The van der Waals surface area contributed by atoms with E-state index in [1.54, 1.807) is 12.3 Å². The summed E-state index contributed by atoms with van der Waals surface area (Å²) < 4.78 is 1.42. The molecule has 0 spiro atoms. The molecule has 0 atom stereocenters. The SMILES string of the molecule is N#Cc1ccc(C2CCN(Cc3cc(C(=O)O)c(=O)n4ccccc34)CC2)cc1. The zero-order valence-electron chi connectivity index (χ0n) is 15.9. The van der Waals surface area contributed by atoms with Crippen molar-refractivity contribution in [3.8, 4) is 6.07 Å². The quantitative estimate of drug-likeness (QED) is 0.743. The van der Waals surface area contributed by atoms with Crippen LogP contribution in [0.4, 0.5) is 0 Å². The van der Waals surface area contributed by atoms with Crippen molar-refractivity contribution in [3.63, 3.8) is 0 Å². The van der Waals surface area contributed by atoms with Crippen LogP contribution in [0.1, 0.15) is 45.8 Å². The van der Waals surface area contributed by atoms with Crippen molar-refractivity contribution in [2.45, 2.75) is 25.3 Å². The number of benzene rings is 1. The number of nitrogens with zero attached hydrogens (tertiary/aromatic N) is 3. The number of carboxylic acid groups (broad SMARTS) is 1. The van der Waals surface area contributed by atoms with Crippen LogP contribution in [-0.4, -0.2) is 33.5 Å². The highest BCUT2D eigenvalue weighted by Gasteiger charge is 2.22. The van der Waals surface area contributed by atoms with E-state index in [-0.39, 0.29) is 5.56 Å². The Kier molecular flexibility index (Phi) is 5.15. The van der Waals surface area contributed by atoms with Gasteiger partial charge in [-0.2, -0.15) is 5.26 Å². The van der Waals surface area contributed by atoms with Crippen LogP contribution in [-0.2, 0) is 6.54 Å². The molecule has 4 rings (SSSR count). The van der Waals surface area contributed by atoms with E-state index in [0.717, 1.165) is 37.0 Å². The molecular weight excluding hydrogens is 366 g/mol. The predicted octanol–water partition coefficient (Wildman–Crippen LogP) is 3.25. The number of likely N-dealkylation sites (tertiary alicyclic amines) is 1. The predicted molar refractivity (Wildman–Crippen MR) is 109 cm³/mol. The van der Waals surface area contributed by atoms with E-state index in [4.69, 9.17) is 5.26 Å². The Labute approximate surface area is 168 Å². The Morgan fingerprint density at radius 3 is 2.52 bits per heavy atom. The maximum atomic E-state index is 12.4. The molecule has 1 aliphatic rings. The standard InChI is InChI=1S/C23H21N3O3/c24-14-16-4-6-17(7-5-16)18-8-11-25(12-9-18)15-19-13-20(23(28)29)22(27)26-10-2-1-3-21(19)26/h1-7,10,13,18H,8-9,11-12,15H2,(H,28,29). The first-order valence-electron chi connectivity index (χ1n) is 9.66. The third-order valence-electron chi connectivity index (χ3n) is 5.68. The van der Waals surface area contributed by atoms with Gasteiger partial charge < -0.3 is 5.11 Å². The second-order valence-corrected chi connectivity index (χ2v) is 7.43. The van der Waals surface area contributed by atoms with Crippen molar-refractivity contribution in [1.82, 2.24) is 9.30 Å². The van der Waals surface area contributed by atoms with Crippen LogP contribution in [0, 0.1) is 11.3 Å². The molecular formula is C23H21N3O3. The highest BCUT2D eigenvalue weighted by molar-refractivity contribution is 5.88. The third kappa shape index (κ3) is 3.78. The molecule has 6 heteroatoms. The monoisotopic (exact) mass is 387 g/mol. The largest absolute Gasteiger partial charge is 0.477 e. The van der Waals surface area contributed by atoms with E-state index in [2.05, 4.69) is 11.0 Å². The number of aromatic carboxylic acids is 1. The first-order valence-corrected chi connectivity index (χ1v) is 9.66. The van der Waals surface area contributed by atoms with Crippen molar-refractivity contribution in [2.75, 3.05) is 13.1 Å². The Morgan fingerprint density at radius 2 is 1.86 bits per heavy atom. The first kappa shape index (κ1) is 18.9. The highest BCUT2D eigenvalue weighted by Crippen LogP contribution is 2.29. The average molecular weight is 387 g/mol. The summed E-state index contributed by atoms with van der Waals surface area (Å²) in [5.41, 5.74) is 2.82. The maximum absolute atomic E-state index is 12.4. The summed E-state index contributed by atoms with van der Waals surface area (Å²) in [4.78, 5) is 26.2. The van der Waals surface area contributed by atoms with Gasteiger partial charge in [-0.25, -0.2) is 4.79 Å². The molecule has 1 fully saturated rings. The molecule has 1 N–H and O–H groups in total. The first-order chi connectivity index (χ1) is 14.1. The van der Waals surface area contributed by atoms with Crippen molar-refractivity contribution in [2.24, 2.45) is 0 Å². The van der Waals surface area contributed by atoms with Gasteiger partial charge in [0, 0.05) is 12.7 Å². The van der Waals surface area contributed by atoms with E-state index in [1.165, 1.54) is 16.0 Å². The molecule has 6 nitrogen and oxygen atoms in total. The molecule has 29 heavy (non-hydrogen) atoms. The summed E-state index contributed by atoms with van der Waals surface area (Å²) in [7, 11) is 0. The number of nitriles is 1. The smallest absolute Gasteiger partial charge is 0.341 e. The number of piperidine rings is 1. The van der Waals surface area contributed by atoms with Gasteiger partial charge in [-0.1, -0.05) is 18.2 Å². The number of rotatable bonds is 4. The van der Waals surface area contributed by atoms with Gasteiger partial charge in [-0.05, 0) is 73.3 Å². The van der Waals surface area contributed by atoms with Gasteiger partial charge in [0.2, 0.25) is 0 Å².